The van der Waals surface area contributed by atoms with E-state index in [0.29, 0.717) is 11.9 Å². The minimum absolute atomic E-state index is 0.126. The summed E-state index contributed by atoms with van der Waals surface area (Å²) in [4.78, 5) is 14.6. The summed E-state index contributed by atoms with van der Waals surface area (Å²) in [7, 11) is 0. The van der Waals surface area contributed by atoms with Crippen LogP contribution < -0.4 is 5.32 Å². The molecular weight excluding hydrogens is 212 g/mol. The molecule has 0 aromatic rings. The van der Waals surface area contributed by atoms with Crippen molar-refractivity contribution < 1.29 is 4.79 Å². The van der Waals surface area contributed by atoms with Crippen LogP contribution in [0.15, 0.2) is 0 Å². The molecule has 1 saturated heterocycles. The number of nitrogens with one attached hydrogen (secondary N) is 1. The van der Waals surface area contributed by atoms with Gasteiger partial charge in [0.15, 0.2) is 0 Å². The zero-order chi connectivity index (χ0) is 11.9. The minimum Gasteiger partial charge on any atom is -0.336 e. The number of hydrogen-bond acceptors (Lipinski definition) is 2. The van der Waals surface area contributed by atoms with Crippen LogP contribution >= 0.6 is 0 Å². The lowest BCUT2D eigenvalue weighted by molar-refractivity contribution is -0.135. The van der Waals surface area contributed by atoms with Crippen molar-refractivity contribution in [3.05, 3.63) is 0 Å². The molecule has 17 heavy (non-hydrogen) atoms. The summed E-state index contributed by atoms with van der Waals surface area (Å²) in [6.07, 6.45) is 9.89. The lowest BCUT2D eigenvalue weighted by Gasteiger charge is -2.42. The largest absolute Gasteiger partial charge is 0.336 e. The second-order valence-corrected chi connectivity index (χ2v) is 6.33. The number of nitrogens with zero attached hydrogens (tertiary/aromatic N) is 1. The van der Waals surface area contributed by atoms with Gasteiger partial charge in [0.25, 0.3) is 0 Å². The smallest absolute Gasteiger partial charge is 0.240 e. The van der Waals surface area contributed by atoms with E-state index in [1.165, 1.54) is 44.9 Å². The second kappa shape index (κ2) is 4.27. The van der Waals surface area contributed by atoms with E-state index in [4.69, 9.17) is 0 Å². The van der Waals surface area contributed by atoms with Crippen molar-refractivity contribution in [1.29, 1.82) is 0 Å². The molecule has 1 N–H and O–H groups in total. The first-order valence-electron chi connectivity index (χ1n) is 7.27. The predicted octanol–water partition coefficient (Wildman–Crippen LogP) is 2.06. The molecule has 1 unspecified atom stereocenters. The first-order valence-corrected chi connectivity index (χ1v) is 7.27. The van der Waals surface area contributed by atoms with Crippen LogP contribution in [0.4, 0.5) is 0 Å². The predicted molar refractivity (Wildman–Crippen MR) is 67.8 cm³/mol. The molecule has 0 spiro atoms. The van der Waals surface area contributed by atoms with Gasteiger partial charge in [-0.15, -0.1) is 0 Å². The van der Waals surface area contributed by atoms with Crippen LogP contribution in [0.5, 0.6) is 0 Å². The highest BCUT2D eigenvalue weighted by molar-refractivity contribution is 5.84. The van der Waals surface area contributed by atoms with E-state index < -0.39 is 0 Å². The maximum atomic E-state index is 12.4. The molecule has 3 rings (SSSR count). The van der Waals surface area contributed by atoms with Gasteiger partial charge in [-0.2, -0.15) is 0 Å². The maximum absolute atomic E-state index is 12.4. The maximum Gasteiger partial charge on any atom is 0.240 e. The third kappa shape index (κ3) is 2.22. The first-order chi connectivity index (χ1) is 8.19. The molecule has 0 aromatic heterocycles. The average molecular weight is 236 g/mol. The highest BCUT2D eigenvalue weighted by Crippen LogP contribution is 2.36. The zero-order valence-corrected chi connectivity index (χ0v) is 10.9. The van der Waals surface area contributed by atoms with Crippen LogP contribution in [-0.4, -0.2) is 35.0 Å². The summed E-state index contributed by atoms with van der Waals surface area (Å²) in [6.45, 7) is 3.27. The summed E-state index contributed by atoms with van der Waals surface area (Å²) < 4.78 is 0. The van der Waals surface area contributed by atoms with Gasteiger partial charge in [0, 0.05) is 18.1 Å². The summed E-state index contributed by atoms with van der Waals surface area (Å²) in [5.74, 6) is 0.376. The Hall–Kier alpha value is -0.570. The lowest BCUT2D eigenvalue weighted by atomic mass is 9.82. The molecule has 3 fully saturated rings. The van der Waals surface area contributed by atoms with Crippen molar-refractivity contribution in [2.45, 2.75) is 75.9 Å². The molecule has 1 atom stereocenters. The number of likely N-dealkylation sites (tertiary alicyclic amines) is 1. The Morgan fingerprint density at radius 3 is 2.53 bits per heavy atom. The Kier molecular flexibility index (Phi) is 2.89. The van der Waals surface area contributed by atoms with E-state index in [-0.39, 0.29) is 11.6 Å². The SMILES string of the molecule is CC1(N2CCC(NC3CC3)C2=O)CCCCC1. The molecule has 0 bridgehead atoms. The molecule has 2 saturated carbocycles. The normalized spacial score (nSPS) is 33.1. The number of carbonyl (C=O) groups is 1. The van der Waals surface area contributed by atoms with Crippen molar-refractivity contribution in [2.24, 2.45) is 0 Å². The highest BCUT2D eigenvalue weighted by atomic mass is 16.2. The number of hydrogen-bond donors (Lipinski definition) is 1. The van der Waals surface area contributed by atoms with E-state index in [0.717, 1.165) is 13.0 Å². The molecule has 2 aliphatic carbocycles. The Bertz CT molecular complexity index is 305. The van der Waals surface area contributed by atoms with Crippen LogP contribution in [0.1, 0.15) is 58.3 Å². The van der Waals surface area contributed by atoms with Crippen LogP contribution in [0.2, 0.25) is 0 Å². The topological polar surface area (TPSA) is 32.3 Å². The molecule has 3 nitrogen and oxygen atoms in total. The van der Waals surface area contributed by atoms with E-state index in [1.54, 1.807) is 0 Å². The van der Waals surface area contributed by atoms with Crippen LogP contribution in [0, 0.1) is 0 Å². The Labute approximate surface area is 104 Å². The summed E-state index contributed by atoms with van der Waals surface area (Å²) in [5.41, 5.74) is 0.162. The molecule has 0 radical (unpaired) electrons. The highest BCUT2D eigenvalue weighted by Gasteiger charge is 2.43. The quantitative estimate of drug-likeness (QED) is 0.813. The summed E-state index contributed by atoms with van der Waals surface area (Å²) >= 11 is 0. The molecular formula is C14H24N2O. The molecule has 0 aromatic carbocycles. The zero-order valence-electron chi connectivity index (χ0n) is 10.9. The number of carbonyl (C=O) groups excluding carboxylic acids is 1. The van der Waals surface area contributed by atoms with Gasteiger partial charge in [-0.05, 0) is 39.0 Å². The Morgan fingerprint density at radius 2 is 1.88 bits per heavy atom. The fraction of sp³-hybridized carbons (Fsp3) is 0.929. The molecule has 96 valence electrons. The van der Waals surface area contributed by atoms with E-state index in [9.17, 15) is 4.79 Å². The third-order valence-electron chi connectivity index (χ3n) is 4.80. The van der Waals surface area contributed by atoms with E-state index in [1.807, 2.05) is 0 Å². The van der Waals surface area contributed by atoms with Crippen molar-refractivity contribution in [1.82, 2.24) is 10.2 Å². The van der Waals surface area contributed by atoms with Gasteiger partial charge in [-0.25, -0.2) is 0 Å². The summed E-state index contributed by atoms with van der Waals surface area (Å²) in [6, 6.07) is 0.768. The van der Waals surface area contributed by atoms with Gasteiger partial charge in [0.2, 0.25) is 5.91 Å². The fourth-order valence-corrected chi connectivity index (χ4v) is 3.49. The molecule has 3 aliphatic rings. The lowest BCUT2D eigenvalue weighted by Crippen LogP contribution is -2.51. The van der Waals surface area contributed by atoms with Crippen LogP contribution in [-0.2, 0) is 4.79 Å². The standard InChI is InChI=1S/C14H24N2O/c1-14(8-3-2-4-9-14)16-10-7-12(13(16)17)15-11-5-6-11/h11-12,15H,2-10H2,1H3. The molecule has 1 heterocycles. The summed E-state index contributed by atoms with van der Waals surface area (Å²) in [5, 5.41) is 3.50. The van der Waals surface area contributed by atoms with Gasteiger partial charge >= 0.3 is 0 Å². The molecule has 1 aliphatic heterocycles. The van der Waals surface area contributed by atoms with Gasteiger partial charge < -0.3 is 10.2 Å². The average Bonchev–Trinajstić information content (AvgIpc) is 3.05. The number of rotatable bonds is 3. The first kappa shape index (κ1) is 11.5. The van der Waals surface area contributed by atoms with Gasteiger partial charge in [0.1, 0.15) is 0 Å². The van der Waals surface area contributed by atoms with Gasteiger partial charge in [0.05, 0.1) is 6.04 Å². The van der Waals surface area contributed by atoms with E-state index in [2.05, 4.69) is 17.1 Å². The van der Waals surface area contributed by atoms with Crippen molar-refractivity contribution >= 4 is 5.91 Å². The minimum atomic E-state index is 0.126. The third-order valence-corrected chi connectivity index (χ3v) is 4.80. The Balaban J connectivity index is 1.65. The van der Waals surface area contributed by atoms with Crippen LogP contribution in [0.3, 0.4) is 0 Å². The van der Waals surface area contributed by atoms with Gasteiger partial charge in [-0.1, -0.05) is 19.3 Å². The van der Waals surface area contributed by atoms with E-state index >= 15 is 0 Å². The Morgan fingerprint density at radius 1 is 1.18 bits per heavy atom. The van der Waals surface area contributed by atoms with Crippen molar-refractivity contribution in [3.63, 3.8) is 0 Å². The van der Waals surface area contributed by atoms with Crippen molar-refractivity contribution in [2.75, 3.05) is 6.54 Å². The molecule has 3 heteroatoms. The second-order valence-electron chi connectivity index (χ2n) is 6.33. The van der Waals surface area contributed by atoms with Crippen molar-refractivity contribution in [3.8, 4) is 0 Å². The number of amides is 1. The monoisotopic (exact) mass is 236 g/mol. The van der Waals surface area contributed by atoms with Gasteiger partial charge in [-0.3, -0.25) is 4.79 Å². The molecule has 1 amide bonds. The fourth-order valence-electron chi connectivity index (χ4n) is 3.49. The van der Waals surface area contributed by atoms with Crippen LogP contribution in [0.25, 0.3) is 0 Å².